The first-order chi connectivity index (χ1) is 8.21. The van der Waals surface area contributed by atoms with Crippen molar-refractivity contribution in [1.29, 1.82) is 0 Å². The van der Waals surface area contributed by atoms with Gasteiger partial charge in [-0.1, -0.05) is 26.2 Å². The van der Waals surface area contributed by atoms with Crippen molar-refractivity contribution >= 4 is 0 Å². The van der Waals surface area contributed by atoms with Crippen molar-refractivity contribution in [3.8, 4) is 0 Å². The standard InChI is InChI=1S/C15H28N2/c1-15(6-2-3-7-15)14(17-16)10-13-9-11-4-5-12(13)8-11/h11-14,17H,2-10,16H2,1H3. The van der Waals surface area contributed by atoms with Crippen LogP contribution in [-0.4, -0.2) is 6.04 Å². The minimum Gasteiger partial charge on any atom is -0.271 e. The van der Waals surface area contributed by atoms with Gasteiger partial charge in [-0.25, -0.2) is 0 Å². The number of nitrogens with one attached hydrogen (secondary N) is 1. The van der Waals surface area contributed by atoms with Crippen LogP contribution in [0.4, 0.5) is 0 Å². The molecule has 2 nitrogen and oxygen atoms in total. The van der Waals surface area contributed by atoms with Crippen LogP contribution in [0.15, 0.2) is 0 Å². The van der Waals surface area contributed by atoms with Gasteiger partial charge in [0.05, 0.1) is 0 Å². The summed E-state index contributed by atoms with van der Waals surface area (Å²) < 4.78 is 0. The van der Waals surface area contributed by atoms with Crippen LogP contribution in [0.5, 0.6) is 0 Å². The Kier molecular flexibility index (Phi) is 3.20. The van der Waals surface area contributed by atoms with Gasteiger partial charge < -0.3 is 0 Å². The number of hydrazine groups is 1. The molecule has 0 aromatic rings. The summed E-state index contributed by atoms with van der Waals surface area (Å²) in [6, 6.07) is 0.564. The fourth-order valence-electron chi connectivity index (χ4n) is 5.05. The first-order valence-corrected chi connectivity index (χ1v) is 7.67. The molecule has 98 valence electrons. The minimum atomic E-state index is 0.483. The van der Waals surface area contributed by atoms with Crippen LogP contribution < -0.4 is 11.3 Å². The van der Waals surface area contributed by atoms with E-state index in [0.717, 1.165) is 17.8 Å². The van der Waals surface area contributed by atoms with E-state index in [1.807, 2.05) is 0 Å². The molecule has 0 spiro atoms. The highest BCUT2D eigenvalue weighted by Crippen LogP contribution is 2.52. The van der Waals surface area contributed by atoms with Gasteiger partial charge in [-0.15, -0.1) is 0 Å². The molecule has 4 atom stereocenters. The molecule has 0 aromatic heterocycles. The zero-order chi connectivity index (χ0) is 11.9. The van der Waals surface area contributed by atoms with Crippen LogP contribution in [0.3, 0.4) is 0 Å². The van der Waals surface area contributed by atoms with Gasteiger partial charge in [-0.3, -0.25) is 11.3 Å². The summed E-state index contributed by atoms with van der Waals surface area (Å²) in [4.78, 5) is 0. The first kappa shape index (κ1) is 12.0. The zero-order valence-electron chi connectivity index (χ0n) is 11.3. The third-order valence-electron chi connectivity index (χ3n) is 6.21. The molecule has 4 unspecified atom stereocenters. The van der Waals surface area contributed by atoms with E-state index in [-0.39, 0.29) is 0 Å². The van der Waals surface area contributed by atoms with Gasteiger partial charge in [0.2, 0.25) is 0 Å². The van der Waals surface area contributed by atoms with Crippen molar-refractivity contribution < 1.29 is 0 Å². The Balaban J connectivity index is 1.62. The smallest absolute Gasteiger partial charge is 0.0267 e. The lowest BCUT2D eigenvalue weighted by Crippen LogP contribution is -2.47. The quantitative estimate of drug-likeness (QED) is 0.581. The molecule has 3 saturated carbocycles. The van der Waals surface area contributed by atoms with Crippen molar-refractivity contribution in [2.75, 3.05) is 0 Å². The van der Waals surface area contributed by atoms with E-state index in [2.05, 4.69) is 12.3 Å². The summed E-state index contributed by atoms with van der Waals surface area (Å²) in [5, 5.41) is 0. The Morgan fingerprint density at radius 3 is 2.53 bits per heavy atom. The second-order valence-electron chi connectivity index (χ2n) is 7.25. The molecule has 0 aliphatic heterocycles. The molecule has 3 rings (SSSR count). The van der Waals surface area contributed by atoms with Gasteiger partial charge in [0.25, 0.3) is 0 Å². The second kappa shape index (κ2) is 4.55. The summed E-state index contributed by atoms with van der Waals surface area (Å²) in [6.45, 7) is 2.46. The lowest BCUT2D eigenvalue weighted by atomic mass is 9.74. The van der Waals surface area contributed by atoms with Gasteiger partial charge in [0.1, 0.15) is 0 Å². The fourth-order valence-corrected chi connectivity index (χ4v) is 5.05. The SMILES string of the molecule is CC1(C(CC2CC3CCC2C3)NN)CCCC1. The van der Waals surface area contributed by atoms with E-state index in [1.165, 1.54) is 57.8 Å². The monoisotopic (exact) mass is 236 g/mol. The van der Waals surface area contributed by atoms with Gasteiger partial charge in [0.15, 0.2) is 0 Å². The molecule has 3 N–H and O–H groups in total. The van der Waals surface area contributed by atoms with Crippen LogP contribution in [0.2, 0.25) is 0 Å². The predicted molar refractivity (Wildman–Crippen MR) is 71.2 cm³/mol. The molecule has 0 saturated heterocycles. The summed E-state index contributed by atoms with van der Waals surface area (Å²) in [7, 11) is 0. The van der Waals surface area contributed by atoms with Crippen molar-refractivity contribution in [3.63, 3.8) is 0 Å². The number of nitrogens with two attached hydrogens (primary N) is 1. The minimum absolute atomic E-state index is 0.483. The maximum Gasteiger partial charge on any atom is 0.0267 e. The molecular formula is C15H28N2. The summed E-state index contributed by atoms with van der Waals surface area (Å²) in [6.07, 6.45) is 13.0. The van der Waals surface area contributed by atoms with E-state index in [0.29, 0.717) is 11.5 Å². The van der Waals surface area contributed by atoms with Crippen molar-refractivity contribution in [2.45, 2.75) is 70.8 Å². The first-order valence-electron chi connectivity index (χ1n) is 7.67. The van der Waals surface area contributed by atoms with Crippen molar-refractivity contribution in [2.24, 2.45) is 29.0 Å². The highest BCUT2D eigenvalue weighted by atomic mass is 15.2. The number of hydrogen-bond donors (Lipinski definition) is 2. The highest BCUT2D eigenvalue weighted by Gasteiger charge is 2.43. The second-order valence-corrected chi connectivity index (χ2v) is 7.25. The van der Waals surface area contributed by atoms with Crippen molar-refractivity contribution in [1.82, 2.24) is 5.43 Å². The number of rotatable bonds is 4. The molecule has 2 bridgehead atoms. The molecule has 0 aromatic carbocycles. The van der Waals surface area contributed by atoms with Gasteiger partial charge >= 0.3 is 0 Å². The average molecular weight is 236 g/mol. The molecule has 3 aliphatic rings. The lowest BCUT2D eigenvalue weighted by Gasteiger charge is -2.37. The molecule has 0 radical (unpaired) electrons. The molecular weight excluding hydrogens is 208 g/mol. The van der Waals surface area contributed by atoms with Crippen molar-refractivity contribution in [3.05, 3.63) is 0 Å². The van der Waals surface area contributed by atoms with E-state index in [9.17, 15) is 0 Å². The molecule has 0 heterocycles. The molecule has 17 heavy (non-hydrogen) atoms. The maximum absolute atomic E-state index is 5.86. The Hall–Kier alpha value is -0.0800. The Labute approximate surface area is 106 Å². The normalized spacial score (nSPS) is 40.9. The average Bonchev–Trinajstić information content (AvgIpc) is 3.01. The summed E-state index contributed by atoms with van der Waals surface area (Å²) in [5.41, 5.74) is 3.65. The van der Waals surface area contributed by atoms with Crippen LogP contribution >= 0.6 is 0 Å². The van der Waals surface area contributed by atoms with Crippen LogP contribution in [0, 0.1) is 23.2 Å². The third kappa shape index (κ3) is 2.15. The molecule has 3 fully saturated rings. The Morgan fingerprint density at radius 2 is 2.00 bits per heavy atom. The third-order valence-corrected chi connectivity index (χ3v) is 6.21. The fraction of sp³-hybridized carbons (Fsp3) is 1.00. The molecule has 3 aliphatic carbocycles. The molecule has 0 amide bonds. The summed E-state index contributed by atoms with van der Waals surface area (Å²) in [5.74, 6) is 8.95. The predicted octanol–water partition coefficient (Wildman–Crippen LogP) is 3.22. The Bertz CT molecular complexity index is 270. The van der Waals surface area contributed by atoms with Crippen LogP contribution in [0.25, 0.3) is 0 Å². The van der Waals surface area contributed by atoms with E-state index in [4.69, 9.17) is 5.84 Å². The van der Waals surface area contributed by atoms with Crippen LogP contribution in [-0.2, 0) is 0 Å². The topological polar surface area (TPSA) is 38.0 Å². The maximum atomic E-state index is 5.86. The molecule has 2 heteroatoms. The summed E-state index contributed by atoms with van der Waals surface area (Å²) >= 11 is 0. The number of fused-ring (bicyclic) bond motifs is 2. The largest absolute Gasteiger partial charge is 0.271 e. The zero-order valence-corrected chi connectivity index (χ0v) is 11.3. The van der Waals surface area contributed by atoms with Gasteiger partial charge in [0, 0.05) is 6.04 Å². The van der Waals surface area contributed by atoms with E-state index >= 15 is 0 Å². The van der Waals surface area contributed by atoms with Gasteiger partial charge in [-0.2, -0.15) is 0 Å². The van der Waals surface area contributed by atoms with E-state index in [1.54, 1.807) is 0 Å². The van der Waals surface area contributed by atoms with Gasteiger partial charge in [-0.05, 0) is 61.7 Å². The lowest BCUT2D eigenvalue weighted by molar-refractivity contribution is 0.166. The Morgan fingerprint density at radius 1 is 1.24 bits per heavy atom. The number of hydrogen-bond acceptors (Lipinski definition) is 2. The van der Waals surface area contributed by atoms with E-state index < -0.39 is 0 Å². The van der Waals surface area contributed by atoms with Crippen LogP contribution in [0.1, 0.15) is 64.7 Å². The highest BCUT2D eigenvalue weighted by molar-refractivity contribution is 4.96.